The Balaban J connectivity index is 1.38. The van der Waals surface area contributed by atoms with Crippen LogP contribution in [0.25, 0.3) is 27.8 Å². The minimum Gasteiger partial charge on any atom is -0.444 e. The van der Waals surface area contributed by atoms with Crippen molar-refractivity contribution in [3.63, 3.8) is 0 Å². The van der Waals surface area contributed by atoms with Crippen LogP contribution in [0.3, 0.4) is 0 Å². The highest BCUT2D eigenvalue weighted by atomic mass is 19.1. The Bertz CT molecular complexity index is 1430. The summed E-state index contributed by atoms with van der Waals surface area (Å²) < 4.78 is 22.4. The van der Waals surface area contributed by atoms with Crippen LogP contribution in [0.15, 0.2) is 30.5 Å². The molecule has 1 aliphatic rings. The number of imidazole rings is 1. The number of nitrogens with zero attached hydrogens (tertiary/aromatic N) is 6. The standard InChI is InChI=1S/C26H29FN6O2/c1-15-10-22(31-33-14-16(2)28-24(15)33)18-11-20(27)19-13-21(29-30-23(19)12-18)17-6-8-32(9-7-17)25(34)35-26(3,4)5/h10-14,17H,6-9H2,1-5H3. The van der Waals surface area contributed by atoms with Gasteiger partial charge in [0.1, 0.15) is 11.4 Å². The molecule has 1 aromatic carbocycles. The quantitative estimate of drug-likeness (QED) is 0.395. The SMILES string of the molecule is Cc1cn2nc(-c3cc(F)c4cc(C5CCN(C(=O)OC(C)(C)C)CC5)nnc4c3)cc(C)c2n1. The van der Waals surface area contributed by atoms with Crippen LogP contribution in [0, 0.1) is 19.7 Å². The smallest absolute Gasteiger partial charge is 0.410 e. The summed E-state index contributed by atoms with van der Waals surface area (Å²) in [6.07, 6.45) is 3.01. The molecule has 0 radical (unpaired) electrons. The van der Waals surface area contributed by atoms with Gasteiger partial charge in [-0.3, -0.25) is 0 Å². The van der Waals surface area contributed by atoms with Gasteiger partial charge in [-0.25, -0.2) is 18.7 Å². The van der Waals surface area contributed by atoms with Crippen LogP contribution >= 0.6 is 0 Å². The van der Waals surface area contributed by atoms with Crippen molar-refractivity contribution < 1.29 is 13.9 Å². The largest absolute Gasteiger partial charge is 0.444 e. The molecule has 5 rings (SSSR count). The van der Waals surface area contributed by atoms with E-state index < -0.39 is 5.60 Å². The van der Waals surface area contributed by atoms with E-state index in [-0.39, 0.29) is 17.8 Å². The highest BCUT2D eigenvalue weighted by Crippen LogP contribution is 2.31. The Labute approximate surface area is 203 Å². The molecule has 1 fully saturated rings. The number of carbonyl (C=O) groups is 1. The Morgan fingerprint density at radius 3 is 2.54 bits per heavy atom. The lowest BCUT2D eigenvalue weighted by Gasteiger charge is -2.33. The Kier molecular flexibility index (Phi) is 5.65. The summed E-state index contributed by atoms with van der Waals surface area (Å²) in [6, 6.07) is 7.01. The zero-order valence-corrected chi connectivity index (χ0v) is 20.7. The molecular formula is C26H29FN6O2. The second-order valence-corrected chi connectivity index (χ2v) is 10.3. The van der Waals surface area contributed by atoms with E-state index in [1.807, 2.05) is 52.9 Å². The summed E-state index contributed by atoms with van der Waals surface area (Å²) in [5.74, 6) is -0.248. The maximum atomic E-state index is 15.2. The van der Waals surface area contributed by atoms with Crippen LogP contribution in [-0.4, -0.2) is 54.5 Å². The van der Waals surface area contributed by atoms with Crippen LogP contribution in [0.1, 0.15) is 56.5 Å². The monoisotopic (exact) mass is 476 g/mol. The minimum atomic E-state index is -0.522. The maximum absolute atomic E-state index is 15.2. The van der Waals surface area contributed by atoms with E-state index >= 15 is 4.39 Å². The number of fused-ring (bicyclic) bond motifs is 2. The fourth-order valence-electron chi connectivity index (χ4n) is 4.53. The number of benzene rings is 1. The fourth-order valence-corrected chi connectivity index (χ4v) is 4.53. The lowest BCUT2D eigenvalue weighted by molar-refractivity contribution is 0.0204. The first kappa shape index (κ1) is 23.1. The molecule has 0 spiro atoms. The molecule has 0 unspecified atom stereocenters. The highest BCUT2D eigenvalue weighted by molar-refractivity contribution is 5.84. The number of piperidine rings is 1. The lowest BCUT2D eigenvalue weighted by Crippen LogP contribution is -2.41. The molecule has 1 aliphatic heterocycles. The van der Waals surface area contributed by atoms with Crippen molar-refractivity contribution >= 4 is 22.6 Å². The topological polar surface area (TPSA) is 85.5 Å². The fraction of sp³-hybridized carbons (Fsp3) is 0.423. The number of hydrogen-bond acceptors (Lipinski definition) is 6. The molecule has 3 aromatic heterocycles. The van der Waals surface area contributed by atoms with Crippen LogP contribution in [0.4, 0.5) is 9.18 Å². The predicted octanol–water partition coefficient (Wildman–Crippen LogP) is 5.21. The first-order valence-corrected chi connectivity index (χ1v) is 11.9. The van der Waals surface area contributed by atoms with Crippen molar-refractivity contribution in [1.29, 1.82) is 0 Å². The molecule has 4 heterocycles. The van der Waals surface area contributed by atoms with Gasteiger partial charge in [0, 0.05) is 30.0 Å². The molecule has 182 valence electrons. The summed E-state index contributed by atoms with van der Waals surface area (Å²) in [6.45, 7) is 10.6. The average Bonchev–Trinajstić information content (AvgIpc) is 3.18. The number of aryl methyl sites for hydroxylation is 2. The Hall–Kier alpha value is -3.62. The van der Waals surface area contributed by atoms with Gasteiger partial charge in [-0.15, -0.1) is 0 Å². The molecule has 0 N–H and O–H groups in total. The maximum Gasteiger partial charge on any atom is 0.410 e. The number of halogens is 1. The van der Waals surface area contributed by atoms with E-state index in [0.717, 1.165) is 35.4 Å². The molecule has 0 atom stereocenters. The number of carbonyl (C=O) groups excluding carboxylic acids is 1. The summed E-state index contributed by atoms with van der Waals surface area (Å²) in [5, 5.41) is 13.8. The van der Waals surface area contributed by atoms with Crippen molar-refractivity contribution in [3.05, 3.63) is 53.2 Å². The molecule has 8 nitrogen and oxygen atoms in total. The van der Waals surface area contributed by atoms with Crippen molar-refractivity contribution in [3.8, 4) is 11.3 Å². The van der Waals surface area contributed by atoms with Gasteiger partial charge in [0.2, 0.25) is 0 Å². The first-order valence-electron chi connectivity index (χ1n) is 11.9. The Morgan fingerprint density at radius 1 is 1.09 bits per heavy atom. The van der Waals surface area contributed by atoms with Crippen LogP contribution in [0.2, 0.25) is 0 Å². The van der Waals surface area contributed by atoms with E-state index in [0.29, 0.717) is 35.2 Å². The molecule has 35 heavy (non-hydrogen) atoms. The zero-order valence-electron chi connectivity index (χ0n) is 20.7. The van der Waals surface area contributed by atoms with Gasteiger partial charge in [0.25, 0.3) is 0 Å². The third-order valence-electron chi connectivity index (χ3n) is 6.26. The van der Waals surface area contributed by atoms with E-state index in [1.165, 1.54) is 6.07 Å². The van der Waals surface area contributed by atoms with Crippen molar-refractivity contribution in [2.24, 2.45) is 0 Å². The third kappa shape index (κ3) is 4.67. The van der Waals surface area contributed by atoms with Crippen molar-refractivity contribution in [2.45, 2.75) is 59.0 Å². The second kappa shape index (κ2) is 8.55. The van der Waals surface area contributed by atoms with E-state index in [4.69, 9.17) is 4.74 Å². The van der Waals surface area contributed by atoms with E-state index in [9.17, 15) is 4.79 Å². The van der Waals surface area contributed by atoms with Crippen LogP contribution < -0.4 is 0 Å². The zero-order chi connectivity index (χ0) is 24.9. The van der Waals surface area contributed by atoms with Gasteiger partial charge in [-0.1, -0.05) is 0 Å². The van der Waals surface area contributed by atoms with Gasteiger partial charge < -0.3 is 9.64 Å². The minimum absolute atomic E-state index is 0.112. The third-order valence-corrected chi connectivity index (χ3v) is 6.26. The van der Waals surface area contributed by atoms with Gasteiger partial charge in [-0.2, -0.15) is 15.3 Å². The molecule has 1 saturated heterocycles. The molecule has 0 saturated carbocycles. The van der Waals surface area contributed by atoms with Crippen LogP contribution in [0.5, 0.6) is 0 Å². The number of hydrogen-bond donors (Lipinski definition) is 0. The number of amides is 1. The van der Waals surface area contributed by atoms with Gasteiger partial charge in [0.15, 0.2) is 5.65 Å². The van der Waals surface area contributed by atoms with E-state index in [1.54, 1.807) is 15.5 Å². The van der Waals surface area contributed by atoms with Gasteiger partial charge in [0.05, 0.1) is 28.8 Å². The summed E-state index contributed by atoms with van der Waals surface area (Å²) in [4.78, 5) is 18.5. The predicted molar refractivity (Wildman–Crippen MR) is 131 cm³/mol. The number of ether oxygens (including phenoxy) is 1. The summed E-state index contributed by atoms with van der Waals surface area (Å²) in [7, 11) is 0. The Morgan fingerprint density at radius 2 is 1.83 bits per heavy atom. The molecular weight excluding hydrogens is 447 g/mol. The van der Waals surface area contributed by atoms with Gasteiger partial charge >= 0.3 is 6.09 Å². The highest BCUT2D eigenvalue weighted by Gasteiger charge is 2.28. The molecule has 0 aliphatic carbocycles. The number of rotatable bonds is 2. The summed E-state index contributed by atoms with van der Waals surface area (Å²) in [5.41, 5.74) is 4.61. The van der Waals surface area contributed by atoms with Crippen molar-refractivity contribution in [1.82, 2.24) is 29.7 Å². The second-order valence-electron chi connectivity index (χ2n) is 10.3. The number of likely N-dealkylation sites (tertiary alicyclic amines) is 1. The van der Waals surface area contributed by atoms with Gasteiger partial charge in [-0.05, 0) is 77.3 Å². The molecule has 1 amide bonds. The summed E-state index contributed by atoms with van der Waals surface area (Å²) >= 11 is 0. The van der Waals surface area contributed by atoms with Crippen LogP contribution in [-0.2, 0) is 4.74 Å². The van der Waals surface area contributed by atoms with Crippen molar-refractivity contribution in [2.75, 3.05) is 13.1 Å². The molecule has 0 bridgehead atoms. The molecule has 4 aromatic rings. The first-order chi connectivity index (χ1) is 16.6. The lowest BCUT2D eigenvalue weighted by atomic mass is 9.92. The molecule has 9 heteroatoms. The normalized spacial score (nSPS) is 15.2. The number of aromatic nitrogens is 5. The van der Waals surface area contributed by atoms with E-state index in [2.05, 4.69) is 20.3 Å². The average molecular weight is 477 g/mol.